The molecule has 112 valence electrons. The van der Waals surface area contributed by atoms with Gasteiger partial charge in [-0.1, -0.05) is 24.8 Å². The average Bonchev–Trinajstić information content (AvgIpc) is 3.13. The molecule has 0 saturated heterocycles. The Balaban J connectivity index is 1.98. The fourth-order valence-corrected chi connectivity index (χ4v) is 4.14. The van der Waals surface area contributed by atoms with Gasteiger partial charge in [-0.25, -0.2) is 4.98 Å². The van der Waals surface area contributed by atoms with Gasteiger partial charge >= 0.3 is 0 Å². The van der Waals surface area contributed by atoms with Gasteiger partial charge in [-0.05, 0) is 25.1 Å². The SMILES string of the molecule is COc1cccc(-c2csc(-c3cc(C(=O)S)sc3C)n2)c1. The molecule has 2 aromatic heterocycles. The lowest BCUT2D eigenvalue weighted by Gasteiger charge is -2.01. The van der Waals surface area contributed by atoms with Crippen LogP contribution in [0.3, 0.4) is 0 Å². The van der Waals surface area contributed by atoms with Crippen molar-refractivity contribution >= 4 is 40.4 Å². The van der Waals surface area contributed by atoms with Crippen molar-refractivity contribution < 1.29 is 9.53 Å². The molecular weight excluding hydrogens is 334 g/mol. The Morgan fingerprint density at radius 1 is 1.32 bits per heavy atom. The standard InChI is InChI=1S/C16H13NO2S3/c1-9-12(7-14(22-9)16(18)20)15-17-13(8-21-15)10-4-3-5-11(6-10)19-2/h3-8H,1-2H3,(H,18,20). The van der Waals surface area contributed by atoms with E-state index in [1.54, 1.807) is 18.4 Å². The van der Waals surface area contributed by atoms with Gasteiger partial charge in [-0.2, -0.15) is 0 Å². The molecule has 3 aromatic rings. The Labute approximate surface area is 142 Å². The van der Waals surface area contributed by atoms with Crippen LogP contribution in [0.2, 0.25) is 0 Å². The number of thiophene rings is 1. The first-order valence-corrected chi connectivity index (χ1v) is 8.67. The first-order chi connectivity index (χ1) is 10.6. The summed E-state index contributed by atoms with van der Waals surface area (Å²) in [4.78, 5) is 17.8. The quantitative estimate of drug-likeness (QED) is 0.681. The Kier molecular flexibility index (Phi) is 4.33. The molecule has 1 aromatic carbocycles. The van der Waals surface area contributed by atoms with Gasteiger partial charge in [-0.3, -0.25) is 4.79 Å². The lowest BCUT2D eigenvalue weighted by atomic mass is 10.1. The van der Waals surface area contributed by atoms with E-state index in [4.69, 9.17) is 9.72 Å². The summed E-state index contributed by atoms with van der Waals surface area (Å²) in [6.07, 6.45) is 0. The number of nitrogens with zero attached hydrogens (tertiary/aromatic N) is 1. The summed E-state index contributed by atoms with van der Waals surface area (Å²) in [6.45, 7) is 1.99. The summed E-state index contributed by atoms with van der Waals surface area (Å²) < 4.78 is 5.25. The zero-order valence-electron chi connectivity index (χ0n) is 12.0. The Morgan fingerprint density at radius 2 is 2.14 bits per heavy atom. The van der Waals surface area contributed by atoms with Gasteiger partial charge in [0.05, 0.1) is 17.7 Å². The van der Waals surface area contributed by atoms with Gasteiger partial charge in [0.1, 0.15) is 10.8 Å². The first-order valence-electron chi connectivity index (χ1n) is 6.52. The maximum atomic E-state index is 11.4. The highest BCUT2D eigenvalue weighted by molar-refractivity contribution is 7.97. The molecule has 0 saturated carbocycles. The van der Waals surface area contributed by atoms with E-state index in [0.29, 0.717) is 4.88 Å². The summed E-state index contributed by atoms with van der Waals surface area (Å²) in [7, 11) is 1.65. The number of thiol groups is 1. The van der Waals surface area contributed by atoms with Crippen LogP contribution in [0.1, 0.15) is 14.5 Å². The number of carbonyl (C=O) groups excluding carboxylic acids is 1. The Morgan fingerprint density at radius 3 is 2.82 bits per heavy atom. The monoisotopic (exact) mass is 347 g/mol. The number of aromatic nitrogens is 1. The third-order valence-corrected chi connectivity index (χ3v) is 5.55. The van der Waals surface area contributed by atoms with Crippen LogP contribution in [0.15, 0.2) is 35.7 Å². The van der Waals surface area contributed by atoms with Gasteiger partial charge in [0.2, 0.25) is 5.12 Å². The zero-order valence-corrected chi connectivity index (χ0v) is 14.5. The maximum Gasteiger partial charge on any atom is 0.226 e. The number of ether oxygens (including phenoxy) is 1. The molecule has 0 aliphatic heterocycles. The van der Waals surface area contributed by atoms with Crippen molar-refractivity contribution in [3.8, 4) is 27.6 Å². The number of thiazole rings is 1. The normalized spacial score (nSPS) is 10.7. The number of aryl methyl sites for hydroxylation is 1. The lowest BCUT2D eigenvalue weighted by Crippen LogP contribution is -1.84. The van der Waals surface area contributed by atoms with Crippen LogP contribution in [0.25, 0.3) is 21.8 Å². The van der Waals surface area contributed by atoms with Gasteiger partial charge in [0.15, 0.2) is 0 Å². The van der Waals surface area contributed by atoms with Crippen molar-refractivity contribution in [1.82, 2.24) is 4.98 Å². The second kappa shape index (κ2) is 6.24. The van der Waals surface area contributed by atoms with Crippen molar-refractivity contribution in [2.75, 3.05) is 7.11 Å². The van der Waals surface area contributed by atoms with Crippen molar-refractivity contribution in [3.05, 3.63) is 45.5 Å². The number of hydrogen-bond donors (Lipinski definition) is 1. The fraction of sp³-hybridized carbons (Fsp3) is 0.125. The van der Waals surface area contributed by atoms with Crippen LogP contribution in [0.4, 0.5) is 0 Å². The predicted octanol–water partition coefficient (Wildman–Crippen LogP) is 4.93. The number of benzene rings is 1. The van der Waals surface area contributed by atoms with E-state index in [2.05, 4.69) is 12.6 Å². The van der Waals surface area contributed by atoms with E-state index in [0.717, 1.165) is 32.5 Å². The highest BCUT2D eigenvalue weighted by atomic mass is 32.1. The molecule has 0 unspecified atom stereocenters. The molecule has 2 heterocycles. The van der Waals surface area contributed by atoms with Crippen molar-refractivity contribution in [3.63, 3.8) is 0 Å². The highest BCUT2D eigenvalue weighted by Gasteiger charge is 2.14. The number of methoxy groups -OCH3 is 1. The fourth-order valence-electron chi connectivity index (χ4n) is 2.11. The summed E-state index contributed by atoms with van der Waals surface area (Å²) in [5, 5.41) is 2.72. The van der Waals surface area contributed by atoms with Crippen LogP contribution in [-0.2, 0) is 0 Å². The van der Waals surface area contributed by atoms with Crippen molar-refractivity contribution in [2.45, 2.75) is 6.92 Å². The van der Waals surface area contributed by atoms with Gasteiger partial charge in [0.25, 0.3) is 0 Å². The minimum absolute atomic E-state index is 0.205. The minimum atomic E-state index is -0.205. The molecule has 0 bridgehead atoms. The molecule has 0 fully saturated rings. The second-order valence-corrected chi connectivity index (χ2v) is 7.18. The Hall–Kier alpha value is -1.63. The Bertz CT molecular complexity index is 836. The first kappa shape index (κ1) is 15.3. The van der Waals surface area contributed by atoms with E-state index in [1.165, 1.54) is 11.3 Å². The summed E-state index contributed by atoms with van der Waals surface area (Å²) in [5.74, 6) is 0.807. The van der Waals surface area contributed by atoms with Crippen LogP contribution in [-0.4, -0.2) is 17.2 Å². The summed E-state index contributed by atoms with van der Waals surface area (Å²) >= 11 is 6.90. The molecule has 3 nitrogen and oxygen atoms in total. The molecular formula is C16H13NO2S3. The van der Waals surface area contributed by atoms with Gasteiger partial charge < -0.3 is 4.74 Å². The molecule has 3 rings (SSSR count). The van der Waals surface area contributed by atoms with E-state index in [-0.39, 0.29) is 5.12 Å². The third-order valence-electron chi connectivity index (χ3n) is 3.23. The topological polar surface area (TPSA) is 39.2 Å². The predicted molar refractivity (Wildman–Crippen MR) is 95.5 cm³/mol. The van der Waals surface area contributed by atoms with E-state index >= 15 is 0 Å². The lowest BCUT2D eigenvalue weighted by molar-refractivity contribution is 0.109. The van der Waals surface area contributed by atoms with Gasteiger partial charge in [0, 0.05) is 21.4 Å². The highest BCUT2D eigenvalue weighted by Crippen LogP contribution is 2.36. The van der Waals surface area contributed by atoms with E-state index in [1.807, 2.05) is 42.6 Å². The number of hydrogen-bond acceptors (Lipinski definition) is 5. The molecule has 0 atom stereocenters. The number of rotatable bonds is 4. The molecule has 0 aliphatic carbocycles. The zero-order chi connectivity index (χ0) is 15.7. The van der Waals surface area contributed by atoms with Crippen LogP contribution >= 0.6 is 35.3 Å². The smallest absolute Gasteiger partial charge is 0.226 e. The number of carbonyl (C=O) groups is 1. The molecule has 0 spiro atoms. The second-order valence-electron chi connectivity index (χ2n) is 4.66. The molecule has 22 heavy (non-hydrogen) atoms. The van der Waals surface area contributed by atoms with Gasteiger partial charge in [-0.15, -0.1) is 22.7 Å². The van der Waals surface area contributed by atoms with E-state index < -0.39 is 0 Å². The average molecular weight is 347 g/mol. The summed E-state index contributed by atoms with van der Waals surface area (Å²) in [5.41, 5.74) is 2.92. The molecule has 0 amide bonds. The largest absolute Gasteiger partial charge is 0.497 e. The molecule has 0 aliphatic rings. The summed E-state index contributed by atoms with van der Waals surface area (Å²) in [6, 6.07) is 9.68. The third kappa shape index (κ3) is 2.95. The molecule has 0 radical (unpaired) electrons. The van der Waals surface area contributed by atoms with Crippen molar-refractivity contribution in [2.24, 2.45) is 0 Å². The van der Waals surface area contributed by atoms with Crippen LogP contribution in [0, 0.1) is 6.92 Å². The van der Waals surface area contributed by atoms with Crippen LogP contribution < -0.4 is 4.74 Å². The van der Waals surface area contributed by atoms with E-state index in [9.17, 15) is 4.79 Å². The van der Waals surface area contributed by atoms with Crippen molar-refractivity contribution in [1.29, 1.82) is 0 Å². The molecule has 0 N–H and O–H groups in total. The molecule has 6 heteroatoms. The maximum absolute atomic E-state index is 11.4. The van der Waals surface area contributed by atoms with Crippen LogP contribution in [0.5, 0.6) is 5.75 Å². The minimum Gasteiger partial charge on any atom is -0.497 e.